The van der Waals surface area contributed by atoms with Gasteiger partial charge in [-0.3, -0.25) is 4.79 Å². The summed E-state index contributed by atoms with van der Waals surface area (Å²) in [5, 5.41) is 12.1. The lowest BCUT2D eigenvalue weighted by Crippen LogP contribution is -2.14. The fourth-order valence-electron chi connectivity index (χ4n) is 2.14. The van der Waals surface area contributed by atoms with Crippen molar-refractivity contribution in [3.8, 4) is 5.75 Å². The molecule has 0 unspecified atom stereocenters. The fourth-order valence-corrected chi connectivity index (χ4v) is 2.99. The average Bonchev–Trinajstić information content (AvgIpc) is 3.01. The maximum absolute atomic E-state index is 12.9. The molecule has 3 rings (SSSR count). The first kappa shape index (κ1) is 19.2. The van der Waals surface area contributed by atoms with Crippen molar-refractivity contribution in [3.63, 3.8) is 0 Å². The molecule has 140 valence electrons. The van der Waals surface area contributed by atoms with Gasteiger partial charge in [-0.05, 0) is 48.5 Å². The number of nitrogens with zero attached hydrogens (tertiary/aromatic N) is 3. The molecular formula is C18H16ClFN4O2S. The Balaban J connectivity index is 1.51. The number of anilines is 1. The number of thioether (sulfide) groups is 1. The van der Waals surface area contributed by atoms with Crippen molar-refractivity contribution in [2.75, 3.05) is 11.1 Å². The number of benzene rings is 2. The Bertz CT molecular complexity index is 916. The molecule has 2 aromatic carbocycles. The highest BCUT2D eigenvalue weighted by Crippen LogP contribution is 2.19. The summed E-state index contributed by atoms with van der Waals surface area (Å²) in [6.07, 6.45) is 0. The number of hydrogen-bond acceptors (Lipinski definition) is 5. The summed E-state index contributed by atoms with van der Waals surface area (Å²) >= 11 is 7.09. The SMILES string of the molecule is Cn1c(COc2ccc(Cl)cc2)nnc1SCC(=O)Nc1ccc(F)cc1. The Morgan fingerprint density at radius 1 is 1.19 bits per heavy atom. The van der Waals surface area contributed by atoms with Gasteiger partial charge in [-0.25, -0.2) is 4.39 Å². The maximum Gasteiger partial charge on any atom is 0.234 e. The molecule has 0 radical (unpaired) electrons. The van der Waals surface area contributed by atoms with E-state index in [1.807, 2.05) is 0 Å². The fraction of sp³-hybridized carbons (Fsp3) is 0.167. The standard InChI is InChI=1S/C18H16ClFN4O2S/c1-24-16(10-26-15-8-2-12(19)3-9-15)22-23-18(24)27-11-17(25)21-14-6-4-13(20)5-7-14/h2-9H,10-11H2,1H3,(H,21,25). The van der Waals surface area contributed by atoms with E-state index < -0.39 is 0 Å². The third kappa shape index (κ3) is 5.45. The van der Waals surface area contributed by atoms with Crippen LogP contribution in [0.1, 0.15) is 5.82 Å². The third-order valence-electron chi connectivity index (χ3n) is 3.57. The van der Waals surface area contributed by atoms with Crippen LogP contribution in [0.3, 0.4) is 0 Å². The van der Waals surface area contributed by atoms with Gasteiger partial charge in [0.2, 0.25) is 5.91 Å². The predicted molar refractivity (Wildman–Crippen MR) is 103 cm³/mol. The van der Waals surface area contributed by atoms with Gasteiger partial charge in [0.05, 0.1) is 5.75 Å². The Morgan fingerprint density at radius 2 is 1.89 bits per heavy atom. The van der Waals surface area contributed by atoms with Crippen molar-refractivity contribution >= 4 is 35.0 Å². The normalized spacial score (nSPS) is 10.6. The number of aromatic nitrogens is 3. The second-order valence-corrected chi connectivity index (χ2v) is 6.92. The molecule has 0 fully saturated rings. The number of ether oxygens (including phenoxy) is 1. The lowest BCUT2D eigenvalue weighted by molar-refractivity contribution is -0.113. The largest absolute Gasteiger partial charge is 0.486 e. The molecule has 9 heteroatoms. The molecular weight excluding hydrogens is 391 g/mol. The zero-order valence-electron chi connectivity index (χ0n) is 14.4. The summed E-state index contributed by atoms with van der Waals surface area (Å²) in [6, 6.07) is 12.6. The zero-order valence-corrected chi connectivity index (χ0v) is 15.9. The number of carbonyl (C=O) groups excluding carboxylic acids is 1. The monoisotopic (exact) mass is 406 g/mol. The first-order valence-electron chi connectivity index (χ1n) is 7.96. The van der Waals surface area contributed by atoms with E-state index in [4.69, 9.17) is 16.3 Å². The molecule has 1 heterocycles. The van der Waals surface area contributed by atoms with Gasteiger partial charge in [0.25, 0.3) is 0 Å². The lowest BCUT2D eigenvalue weighted by Gasteiger charge is -2.07. The highest BCUT2D eigenvalue weighted by Gasteiger charge is 2.12. The van der Waals surface area contributed by atoms with Crippen LogP contribution >= 0.6 is 23.4 Å². The number of rotatable bonds is 7. The molecule has 0 aliphatic rings. The van der Waals surface area contributed by atoms with E-state index in [-0.39, 0.29) is 24.1 Å². The van der Waals surface area contributed by atoms with Crippen molar-refractivity contribution < 1.29 is 13.9 Å². The Hall–Kier alpha value is -2.58. The van der Waals surface area contributed by atoms with E-state index in [2.05, 4.69) is 15.5 Å². The molecule has 3 aromatic rings. The Labute approximate surface area is 164 Å². The van der Waals surface area contributed by atoms with Gasteiger partial charge >= 0.3 is 0 Å². The number of carbonyl (C=O) groups is 1. The first-order valence-corrected chi connectivity index (χ1v) is 9.32. The van der Waals surface area contributed by atoms with Crippen molar-refractivity contribution in [1.29, 1.82) is 0 Å². The van der Waals surface area contributed by atoms with E-state index >= 15 is 0 Å². The van der Waals surface area contributed by atoms with Crippen LogP contribution in [0.15, 0.2) is 53.7 Å². The minimum Gasteiger partial charge on any atom is -0.486 e. The lowest BCUT2D eigenvalue weighted by atomic mass is 10.3. The molecule has 0 aliphatic carbocycles. The van der Waals surface area contributed by atoms with E-state index in [0.29, 0.717) is 27.4 Å². The summed E-state index contributed by atoms with van der Waals surface area (Å²) in [6.45, 7) is 0.244. The van der Waals surface area contributed by atoms with E-state index in [1.54, 1.807) is 35.9 Å². The molecule has 1 amide bonds. The number of amides is 1. The van der Waals surface area contributed by atoms with Gasteiger partial charge in [-0.1, -0.05) is 23.4 Å². The molecule has 0 atom stereocenters. The topological polar surface area (TPSA) is 69.0 Å². The number of nitrogens with one attached hydrogen (secondary N) is 1. The zero-order chi connectivity index (χ0) is 19.2. The summed E-state index contributed by atoms with van der Waals surface area (Å²) in [4.78, 5) is 12.0. The van der Waals surface area contributed by atoms with Gasteiger partial charge in [0.15, 0.2) is 11.0 Å². The van der Waals surface area contributed by atoms with Crippen LogP contribution in [0, 0.1) is 5.82 Å². The van der Waals surface area contributed by atoms with Crippen LogP contribution < -0.4 is 10.1 Å². The quantitative estimate of drug-likeness (QED) is 0.602. The molecule has 27 heavy (non-hydrogen) atoms. The van der Waals surface area contributed by atoms with Gasteiger partial charge in [0.1, 0.15) is 18.2 Å². The Kier molecular flexibility index (Phi) is 6.31. The highest BCUT2D eigenvalue weighted by atomic mass is 35.5. The third-order valence-corrected chi connectivity index (χ3v) is 4.84. The molecule has 0 bridgehead atoms. The summed E-state index contributed by atoms with van der Waals surface area (Å²) < 4.78 is 20.3. The maximum atomic E-state index is 12.9. The van der Waals surface area contributed by atoms with Crippen LogP contribution in [-0.2, 0) is 18.4 Å². The summed E-state index contributed by atoms with van der Waals surface area (Å²) in [5.74, 6) is 0.895. The smallest absolute Gasteiger partial charge is 0.234 e. The van der Waals surface area contributed by atoms with E-state index in [9.17, 15) is 9.18 Å². The molecule has 6 nitrogen and oxygen atoms in total. The van der Waals surface area contributed by atoms with Crippen LogP contribution in [0.5, 0.6) is 5.75 Å². The predicted octanol–water partition coefficient (Wildman–Crippen LogP) is 3.92. The summed E-state index contributed by atoms with van der Waals surface area (Å²) in [5.41, 5.74) is 0.539. The molecule has 1 N–H and O–H groups in total. The highest BCUT2D eigenvalue weighted by molar-refractivity contribution is 7.99. The van der Waals surface area contributed by atoms with Crippen molar-refractivity contribution in [2.24, 2.45) is 7.05 Å². The van der Waals surface area contributed by atoms with Crippen molar-refractivity contribution in [2.45, 2.75) is 11.8 Å². The molecule has 1 aromatic heterocycles. The van der Waals surface area contributed by atoms with Crippen LogP contribution in [-0.4, -0.2) is 26.4 Å². The molecule has 0 saturated heterocycles. The van der Waals surface area contributed by atoms with Gasteiger partial charge in [-0.15, -0.1) is 10.2 Å². The molecule has 0 spiro atoms. The second kappa shape index (κ2) is 8.88. The number of halogens is 2. The first-order chi connectivity index (χ1) is 13.0. The minimum absolute atomic E-state index is 0.154. The van der Waals surface area contributed by atoms with Crippen LogP contribution in [0.4, 0.5) is 10.1 Å². The van der Waals surface area contributed by atoms with Gasteiger partial charge in [-0.2, -0.15) is 0 Å². The average molecular weight is 407 g/mol. The molecule has 0 saturated carbocycles. The van der Waals surface area contributed by atoms with Crippen LogP contribution in [0.25, 0.3) is 0 Å². The van der Waals surface area contributed by atoms with Crippen molar-refractivity contribution in [1.82, 2.24) is 14.8 Å². The van der Waals surface area contributed by atoms with Gasteiger partial charge < -0.3 is 14.6 Å². The Morgan fingerprint density at radius 3 is 2.59 bits per heavy atom. The van der Waals surface area contributed by atoms with Crippen LogP contribution in [0.2, 0.25) is 5.02 Å². The van der Waals surface area contributed by atoms with E-state index in [0.717, 1.165) is 0 Å². The van der Waals surface area contributed by atoms with Gasteiger partial charge in [0, 0.05) is 17.8 Å². The van der Waals surface area contributed by atoms with Crippen molar-refractivity contribution in [3.05, 3.63) is 65.2 Å². The summed E-state index contributed by atoms with van der Waals surface area (Å²) in [7, 11) is 1.81. The molecule has 0 aliphatic heterocycles. The minimum atomic E-state index is -0.352. The number of hydrogen-bond donors (Lipinski definition) is 1. The van der Waals surface area contributed by atoms with E-state index in [1.165, 1.54) is 36.0 Å². The second-order valence-electron chi connectivity index (χ2n) is 5.54.